The number of benzene rings is 2. The number of aliphatic imine (C=N–C) groups is 1. The Morgan fingerprint density at radius 3 is 2.63 bits per heavy atom. The average Bonchev–Trinajstić information content (AvgIpc) is 3.59. The second-order valence-corrected chi connectivity index (χ2v) is 17.0. The summed E-state index contributed by atoms with van der Waals surface area (Å²) >= 11 is 0. The molecule has 7 nitrogen and oxygen atoms in total. The van der Waals surface area contributed by atoms with Crippen molar-refractivity contribution < 1.29 is 9.47 Å². The zero-order chi connectivity index (χ0) is 26.4. The third-order valence-corrected chi connectivity index (χ3v) is 9.18. The van der Waals surface area contributed by atoms with Gasteiger partial charge >= 0.3 is 0 Å². The normalized spacial score (nSPS) is 18.6. The molecule has 0 N–H and O–H groups in total. The first-order valence-electron chi connectivity index (χ1n) is 13.2. The predicted octanol–water partition coefficient (Wildman–Crippen LogP) is 6.02. The van der Waals surface area contributed by atoms with Crippen molar-refractivity contribution in [2.45, 2.75) is 37.9 Å². The molecule has 0 fully saturated rings. The third-order valence-electron chi connectivity index (χ3n) is 7.48. The number of aryl methyl sites for hydroxylation is 1. The highest BCUT2D eigenvalue weighted by Gasteiger charge is 2.40. The monoisotopic (exact) mass is 525 g/mol. The number of rotatable bonds is 8. The average molecular weight is 526 g/mol. The van der Waals surface area contributed by atoms with Crippen molar-refractivity contribution in [3.05, 3.63) is 78.3 Å². The number of nitrogens with zero attached hydrogens (tertiary/aromatic N) is 5. The van der Waals surface area contributed by atoms with Crippen LogP contribution in [0.5, 0.6) is 5.75 Å². The van der Waals surface area contributed by atoms with Crippen molar-refractivity contribution in [3.8, 4) is 17.1 Å². The second-order valence-electron chi connectivity index (χ2n) is 11.3. The van der Waals surface area contributed by atoms with Gasteiger partial charge in [0.15, 0.2) is 0 Å². The van der Waals surface area contributed by atoms with E-state index in [1.54, 1.807) is 7.11 Å². The highest BCUT2D eigenvalue weighted by molar-refractivity contribution is 6.76. The molecule has 0 saturated carbocycles. The fraction of sp³-hybridized carbons (Fsp3) is 0.333. The molecule has 2 aliphatic rings. The van der Waals surface area contributed by atoms with E-state index in [0.717, 1.165) is 57.6 Å². The Morgan fingerprint density at radius 1 is 1.05 bits per heavy atom. The molecule has 0 aliphatic carbocycles. The van der Waals surface area contributed by atoms with Gasteiger partial charge in [0.2, 0.25) is 0 Å². The first-order valence-corrected chi connectivity index (χ1v) is 16.9. The van der Waals surface area contributed by atoms with E-state index in [0.29, 0.717) is 6.73 Å². The standard InChI is InChI=1S/C30H35N5O2Si/c1-33-19-25(24-15-23(36-2)11-12-26(24)33)27-16-28-30(34(27)20-37-13-14-38(3,4)5)32-18-22-17-31-29(35(22)28)21-9-7-6-8-10-21/h6-12,15-19,28,30H,13-14,20H2,1-5H3. The van der Waals surface area contributed by atoms with E-state index in [2.05, 4.69) is 89.4 Å². The molecule has 6 rings (SSSR count). The van der Waals surface area contributed by atoms with Crippen LogP contribution in [0.25, 0.3) is 28.0 Å². The Balaban J connectivity index is 1.44. The van der Waals surface area contributed by atoms with Crippen LogP contribution >= 0.6 is 0 Å². The number of hydrogen-bond donors (Lipinski definition) is 0. The van der Waals surface area contributed by atoms with Gasteiger partial charge in [-0.3, -0.25) is 4.99 Å². The van der Waals surface area contributed by atoms with Crippen LogP contribution in [0.4, 0.5) is 0 Å². The van der Waals surface area contributed by atoms with E-state index in [1.807, 2.05) is 24.5 Å². The molecule has 196 valence electrons. The van der Waals surface area contributed by atoms with Crippen molar-refractivity contribution in [1.29, 1.82) is 0 Å². The van der Waals surface area contributed by atoms with Crippen LogP contribution in [0.3, 0.4) is 0 Å². The SMILES string of the molecule is COc1ccc2c(c1)c(C1=CC3C(N=Cc4cnc(-c5ccccc5)n43)N1COCC[Si](C)(C)C)cn2C. The Bertz CT molecular complexity index is 1530. The molecule has 2 aromatic heterocycles. The molecule has 2 aliphatic heterocycles. The topological polar surface area (TPSA) is 56.8 Å². The van der Waals surface area contributed by atoms with E-state index in [4.69, 9.17) is 19.5 Å². The summed E-state index contributed by atoms with van der Waals surface area (Å²) in [4.78, 5) is 12.2. The molecule has 0 spiro atoms. The van der Waals surface area contributed by atoms with Gasteiger partial charge in [-0.1, -0.05) is 50.0 Å². The molecule has 4 aromatic rings. The van der Waals surface area contributed by atoms with Gasteiger partial charge in [-0.25, -0.2) is 4.98 Å². The molecule has 0 saturated heterocycles. The molecule has 8 heteroatoms. The molecule has 0 bridgehead atoms. The zero-order valence-corrected chi connectivity index (χ0v) is 23.8. The fourth-order valence-corrected chi connectivity index (χ4v) is 6.17. The van der Waals surface area contributed by atoms with Gasteiger partial charge in [-0.05, 0) is 30.3 Å². The van der Waals surface area contributed by atoms with Gasteiger partial charge in [-0.2, -0.15) is 0 Å². The molecule has 2 aromatic carbocycles. The first kappa shape index (κ1) is 24.7. The summed E-state index contributed by atoms with van der Waals surface area (Å²) in [6.07, 6.45) is 8.32. The summed E-state index contributed by atoms with van der Waals surface area (Å²) in [6, 6.07) is 17.8. The third kappa shape index (κ3) is 4.37. The molecule has 2 atom stereocenters. The van der Waals surface area contributed by atoms with Crippen LogP contribution in [0.2, 0.25) is 25.7 Å². The van der Waals surface area contributed by atoms with Crippen molar-refractivity contribution in [1.82, 2.24) is 19.0 Å². The van der Waals surface area contributed by atoms with Crippen molar-refractivity contribution >= 4 is 30.9 Å². The summed E-state index contributed by atoms with van der Waals surface area (Å²) in [5.74, 6) is 1.80. The molecular weight excluding hydrogens is 490 g/mol. The summed E-state index contributed by atoms with van der Waals surface area (Å²) in [7, 11) is 2.61. The van der Waals surface area contributed by atoms with E-state index >= 15 is 0 Å². The maximum atomic E-state index is 6.33. The minimum absolute atomic E-state index is 0.00385. The minimum atomic E-state index is -1.19. The Hall–Kier alpha value is -3.62. The maximum absolute atomic E-state index is 6.33. The number of aromatic nitrogens is 3. The molecule has 0 radical (unpaired) electrons. The summed E-state index contributed by atoms with van der Waals surface area (Å²) in [6.45, 7) is 8.39. The predicted molar refractivity (Wildman–Crippen MR) is 156 cm³/mol. The summed E-state index contributed by atoms with van der Waals surface area (Å²) < 4.78 is 16.4. The van der Waals surface area contributed by atoms with E-state index in [9.17, 15) is 0 Å². The summed E-state index contributed by atoms with van der Waals surface area (Å²) in [5, 5.41) is 1.15. The Labute approximate surface area is 225 Å². The lowest BCUT2D eigenvalue weighted by Crippen LogP contribution is -2.38. The number of imidazole rings is 1. The van der Waals surface area contributed by atoms with Gasteiger partial charge in [0.05, 0.1) is 25.0 Å². The Morgan fingerprint density at radius 2 is 1.87 bits per heavy atom. The Kier molecular flexibility index (Phi) is 6.24. The molecule has 4 heterocycles. The lowest BCUT2D eigenvalue weighted by Gasteiger charge is -2.32. The van der Waals surface area contributed by atoms with Gasteiger partial charge < -0.3 is 23.5 Å². The van der Waals surface area contributed by atoms with Crippen LogP contribution in [0, 0.1) is 0 Å². The van der Waals surface area contributed by atoms with Gasteiger partial charge in [0.25, 0.3) is 0 Å². The van der Waals surface area contributed by atoms with Crippen LogP contribution in [0.15, 0.2) is 72.0 Å². The molecule has 2 unspecified atom stereocenters. The van der Waals surface area contributed by atoms with Crippen LogP contribution in [-0.2, 0) is 11.8 Å². The van der Waals surface area contributed by atoms with Gasteiger partial charge in [0, 0.05) is 61.9 Å². The smallest absolute Gasteiger partial charge is 0.147 e. The summed E-state index contributed by atoms with van der Waals surface area (Å²) in [5.41, 5.74) is 5.56. The van der Waals surface area contributed by atoms with Crippen molar-refractivity contribution in [3.63, 3.8) is 0 Å². The number of hydrogen-bond acceptors (Lipinski definition) is 5. The lowest BCUT2D eigenvalue weighted by atomic mass is 10.1. The van der Waals surface area contributed by atoms with Gasteiger partial charge in [0.1, 0.15) is 24.5 Å². The largest absolute Gasteiger partial charge is 0.497 e. The van der Waals surface area contributed by atoms with E-state index in [1.165, 1.54) is 0 Å². The lowest BCUT2D eigenvalue weighted by molar-refractivity contribution is 0.0471. The number of fused-ring (bicyclic) bond motifs is 4. The highest BCUT2D eigenvalue weighted by atomic mass is 28.3. The molecule has 0 amide bonds. The van der Waals surface area contributed by atoms with Crippen LogP contribution in [0.1, 0.15) is 17.3 Å². The minimum Gasteiger partial charge on any atom is -0.497 e. The van der Waals surface area contributed by atoms with Crippen LogP contribution < -0.4 is 4.74 Å². The first-order chi connectivity index (χ1) is 18.3. The fourth-order valence-electron chi connectivity index (χ4n) is 5.42. The number of methoxy groups -OCH3 is 1. The number of ether oxygens (including phenoxy) is 2. The van der Waals surface area contributed by atoms with E-state index < -0.39 is 8.07 Å². The van der Waals surface area contributed by atoms with E-state index in [-0.39, 0.29) is 12.2 Å². The maximum Gasteiger partial charge on any atom is 0.147 e. The molecule has 38 heavy (non-hydrogen) atoms. The zero-order valence-electron chi connectivity index (χ0n) is 22.8. The van der Waals surface area contributed by atoms with Crippen molar-refractivity contribution in [2.24, 2.45) is 12.0 Å². The van der Waals surface area contributed by atoms with Gasteiger partial charge in [-0.15, -0.1) is 0 Å². The van der Waals surface area contributed by atoms with Crippen LogP contribution in [-0.4, -0.2) is 59.9 Å². The van der Waals surface area contributed by atoms with Crippen molar-refractivity contribution in [2.75, 3.05) is 20.4 Å². The quantitative estimate of drug-likeness (QED) is 0.209. The highest BCUT2D eigenvalue weighted by Crippen LogP contribution is 2.43. The molecular formula is C30H35N5O2Si. The second kappa shape index (κ2) is 9.60.